The van der Waals surface area contributed by atoms with Gasteiger partial charge in [0.1, 0.15) is 0 Å². The highest BCUT2D eigenvalue weighted by Crippen LogP contribution is 2.30. The molecule has 0 amide bonds. The molecule has 2 rings (SSSR count). The summed E-state index contributed by atoms with van der Waals surface area (Å²) >= 11 is 11.6. The molecule has 0 fully saturated rings. The third kappa shape index (κ3) is 1.29. The van der Waals surface area contributed by atoms with E-state index in [1.807, 2.05) is 0 Å². The number of ether oxygens (including phenoxy) is 1. The van der Waals surface area contributed by atoms with Gasteiger partial charge in [0.15, 0.2) is 0 Å². The number of nitrogens with zero attached hydrogens (tertiary/aromatic N) is 1. The van der Waals surface area contributed by atoms with Crippen LogP contribution in [-0.2, 0) is 4.74 Å². The van der Waals surface area contributed by atoms with E-state index in [1.54, 1.807) is 6.07 Å². The van der Waals surface area contributed by atoms with Crippen LogP contribution in [-0.4, -0.2) is 18.9 Å². The minimum absolute atomic E-state index is 0.259. The first-order chi connectivity index (χ1) is 6.63. The van der Waals surface area contributed by atoms with Crippen LogP contribution in [0, 0.1) is 0 Å². The lowest BCUT2D eigenvalue weighted by Gasteiger charge is -1.97. The Labute approximate surface area is 90.3 Å². The predicted molar refractivity (Wildman–Crippen MR) is 54.3 cm³/mol. The van der Waals surface area contributed by atoms with Gasteiger partial charge in [-0.15, -0.1) is 0 Å². The van der Waals surface area contributed by atoms with Gasteiger partial charge in [0.2, 0.25) is 5.90 Å². The second-order valence-electron chi connectivity index (χ2n) is 2.73. The van der Waals surface area contributed by atoms with Crippen molar-refractivity contribution in [3.8, 4) is 0 Å². The fourth-order valence-corrected chi connectivity index (χ4v) is 1.88. The normalized spacial score (nSPS) is 17.1. The molecule has 0 saturated heterocycles. The number of carbonyl (C=O) groups is 1. The first kappa shape index (κ1) is 9.49. The molecule has 0 spiro atoms. The SMILES string of the molecule is C/N=C1\OC(=O)c2c(Cl)cc(Cl)cc21. The first-order valence-corrected chi connectivity index (χ1v) is 4.57. The third-order valence-corrected chi connectivity index (χ3v) is 2.40. The number of cyclic esters (lactones) is 1. The summed E-state index contributed by atoms with van der Waals surface area (Å²) in [6.07, 6.45) is 0. The lowest BCUT2D eigenvalue weighted by atomic mass is 10.1. The van der Waals surface area contributed by atoms with Crippen LogP contribution in [0.4, 0.5) is 0 Å². The van der Waals surface area contributed by atoms with Crippen molar-refractivity contribution in [3.63, 3.8) is 0 Å². The van der Waals surface area contributed by atoms with Crippen molar-refractivity contribution in [3.05, 3.63) is 33.3 Å². The van der Waals surface area contributed by atoms with Gasteiger partial charge in [0, 0.05) is 12.1 Å². The van der Waals surface area contributed by atoms with Gasteiger partial charge >= 0.3 is 5.97 Å². The van der Waals surface area contributed by atoms with Crippen LogP contribution in [0.1, 0.15) is 15.9 Å². The average molecular weight is 230 g/mol. The van der Waals surface area contributed by atoms with E-state index in [-0.39, 0.29) is 10.9 Å². The van der Waals surface area contributed by atoms with Gasteiger partial charge in [-0.1, -0.05) is 23.2 Å². The molecular formula is C9H5Cl2NO2. The van der Waals surface area contributed by atoms with Gasteiger partial charge in [-0.2, -0.15) is 0 Å². The Kier molecular flexibility index (Phi) is 2.21. The Morgan fingerprint density at radius 2 is 2.07 bits per heavy atom. The first-order valence-electron chi connectivity index (χ1n) is 3.82. The Bertz CT molecular complexity index is 454. The highest BCUT2D eigenvalue weighted by Gasteiger charge is 2.30. The smallest absolute Gasteiger partial charge is 0.347 e. The lowest BCUT2D eigenvalue weighted by molar-refractivity contribution is 0.0737. The van der Waals surface area contributed by atoms with E-state index in [0.717, 1.165) is 0 Å². The number of hydrogen-bond acceptors (Lipinski definition) is 3. The number of rotatable bonds is 0. The fourth-order valence-electron chi connectivity index (χ4n) is 1.31. The highest BCUT2D eigenvalue weighted by atomic mass is 35.5. The minimum Gasteiger partial charge on any atom is -0.404 e. The van der Waals surface area contributed by atoms with Gasteiger partial charge in [-0.05, 0) is 12.1 Å². The van der Waals surface area contributed by atoms with Crippen LogP contribution < -0.4 is 0 Å². The van der Waals surface area contributed by atoms with E-state index in [1.165, 1.54) is 13.1 Å². The molecule has 72 valence electrons. The summed E-state index contributed by atoms with van der Waals surface area (Å²) < 4.78 is 4.88. The van der Waals surface area contributed by atoms with E-state index in [9.17, 15) is 4.79 Å². The standard InChI is InChI=1S/C9H5Cl2NO2/c1-12-8-5-2-4(10)3-6(11)7(5)9(13)14-8/h2-3H,1H3/b12-8-. The van der Waals surface area contributed by atoms with E-state index < -0.39 is 5.97 Å². The Balaban J connectivity index is 2.74. The molecule has 0 radical (unpaired) electrons. The molecule has 14 heavy (non-hydrogen) atoms. The molecule has 0 N–H and O–H groups in total. The number of halogens is 2. The number of carbonyl (C=O) groups excluding carboxylic acids is 1. The number of hydrogen-bond donors (Lipinski definition) is 0. The van der Waals surface area contributed by atoms with Crippen LogP contribution in [0.2, 0.25) is 10.0 Å². The number of esters is 1. The summed E-state index contributed by atoms with van der Waals surface area (Å²) in [5.74, 6) is -0.225. The van der Waals surface area contributed by atoms with E-state index in [0.29, 0.717) is 16.1 Å². The summed E-state index contributed by atoms with van der Waals surface area (Å²) in [5.41, 5.74) is 0.881. The molecule has 0 aliphatic carbocycles. The third-order valence-electron chi connectivity index (χ3n) is 1.88. The highest BCUT2D eigenvalue weighted by molar-refractivity contribution is 6.39. The topological polar surface area (TPSA) is 38.7 Å². The fraction of sp³-hybridized carbons (Fsp3) is 0.111. The molecule has 0 bridgehead atoms. The average Bonchev–Trinajstić information content (AvgIpc) is 2.42. The summed E-state index contributed by atoms with van der Waals surface area (Å²) in [5, 5.41) is 0.740. The van der Waals surface area contributed by atoms with E-state index in [2.05, 4.69) is 4.99 Å². The van der Waals surface area contributed by atoms with E-state index >= 15 is 0 Å². The molecule has 0 aromatic heterocycles. The summed E-state index contributed by atoms with van der Waals surface area (Å²) in [7, 11) is 1.53. The molecular weight excluding hydrogens is 225 g/mol. The predicted octanol–water partition coefficient (Wildman–Crippen LogP) is 2.54. The molecule has 1 aromatic carbocycles. The Hall–Kier alpha value is -1.06. The molecule has 1 aliphatic heterocycles. The second-order valence-corrected chi connectivity index (χ2v) is 3.57. The van der Waals surface area contributed by atoms with Crippen LogP contribution in [0.5, 0.6) is 0 Å². The van der Waals surface area contributed by atoms with Crippen LogP contribution in [0.25, 0.3) is 0 Å². The monoisotopic (exact) mass is 229 g/mol. The molecule has 1 aromatic rings. The van der Waals surface area contributed by atoms with Gasteiger partial charge < -0.3 is 4.74 Å². The molecule has 3 nitrogen and oxygen atoms in total. The van der Waals surface area contributed by atoms with Crippen LogP contribution in [0.3, 0.4) is 0 Å². The minimum atomic E-state index is -0.484. The molecule has 5 heteroatoms. The summed E-state index contributed by atoms with van der Waals surface area (Å²) in [4.78, 5) is 15.2. The second kappa shape index (κ2) is 3.26. The molecule has 0 saturated carbocycles. The summed E-state index contributed by atoms with van der Waals surface area (Å²) in [6.45, 7) is 0. The zero-order valence-electron chi connectivity index (χ0n) is 7.17. The Morgan fingerprint density at radius 1 is 1.36 bits per heavy atom. The van der Waals surface area contributed by atoms with E-state index in [4.69, 9.17) is 27.9 Å². The zero-order chi connectivity index (χ0) is 10.3. The molecule has 1 aliphatic rings. The molecule has 0 atom stereocenters. The number of fused-ring (bicyclic) bond motifs is 1. The molecule has 0 unspecified atom stereocenters. The van der Waals surface area contributed by atoms with Crippen LogP contribution >= 0.6 is 23.2 Å². The van der Waals surface area contributed by atoms with Gasteiger partial charge in [0.25, 0.3) is 0 Å². The van der Waals surface area contributed by atoms with Crippen LogP contribution in [0.15, 0.2) is 17.1 Å². The summed E-state index contributed by atoms with van der Waals surface area (Å²) in [6, 6.07) is 3.11. The number of benzene rings is 1. The van der Waals surface area contributed by atoms with Crippen molar-refractivity contribution in [1.82, 2.24) is 0 Å². The maximum atomic E-state index is 11.3. The maximum Gasteiger partial charge on any atom is 0.347 e. The van der Waals surface area contributed by atoms with Gasteiger partial charge in [-0.25, -0.2) is 4.79 Å². The zero-order valence-corrected chi connectivity index (χ0v) is 8.69. The van der Waals surface area contributed by atoms with Crippen molar-refractivity contribution in [2.45, 2.75) is 0 Å². The van der Waals surface area contributed by atoms with Gasteiger partial charge in [-0.3, -0.25) is 4.99 Å². The molecule has 1 heterocycles. The van der Waals surface area contributed by atoms with Crippen molar-refractivity contribution in [2.75, 3.05) is 7.05 Å². The number of aliphatic imine (C=N–C) groups is 1. The Morgan fingerprint density at radius 3 is 2.71 bits per heavy atom. The lowest BCUT2D eigenvalue weighted by Crippen LogP contribution is -1.99. The van der Waals surface area contributed by atoms with Crippen molar-refractivity contribution in [2.24, 2.45) is 4.99 Å². The van der Waals surface area contributed by atoms with Crippen molar-refractivity contribution < 1.29 is 9.53 Å². The van der Waals surface area contributed by atoms with Crippen molar-refractivity contribution in [1.29, 1.82) is 0 Å². The maximum absolute atomic E-state index is 11.3. The van der Waals surface area contributed by atoms with Crippen molar-refractivity contribution >= 4 is 35.1 Å². The quantitative estimate of drug-likeness (QED) is 0.642. The largest absolute Gasteiger partial charge is 0.404 e. The van der Waals surface area contributed by atoms with Gasteiger partial charge in [0.05, 0.1) is 16.1 Å².